The second-order valence-electron chi connectivity index (χ2n) is 3.24. The van der Waals surface area contributed by atoms with Gasteiger partial charge in [0.15, 0.2) is 0 Å². The van der Waals surface area contributed by atoms with E-state index < -0.39 is 18.3 Å². The van der Waals surface area contributed by atoms with E-state index >= 15 is 0 Å². The standard InChI is InChI=1S/C10H18N2O4/c1-3-12(4-2)9(14)5-6-11-8(13)7-10(15)16/h3-7H2,1-2H3,(H,11,13)(H,15,16). The third kappa shape index (κ3) is 6.00. The van der Waals surface area contributed by atoms with Crippen LogP contribution in [-0.4, -0.2) is 47.4 Å². The molecule has 0 fully saturated rings. The summed E-state index contributed by atoms with van der Waals surface area (Å²) in [4.78, 5) is 34.2. The lowest BCUT2D eigenvalue weighted by molar-refractivity contribution is -0.140. The monoisotopic (exact) mass is 230 g/mol. The van der Waals surface area contributed by atoms with E-state index in [9.17, 15) is 14.4 Å². The highest BCUT2D eigenvalue weighted by molar-refractivity contribution is 5.93. The fourth-order valence-corrected chi connectivity index (χ4v) is 1.24. The first-order valence-electron chi connectivity index (χ1n) is 5.27. The van der Waals surface area contributed by atoms with Crippen molar-refractivity contribution in [2.24, 2.45) is 0 Å². The zero-order valence-electron chi connectivity index (χ0n) is 9.65. The number of amides is 2. The zero-order chi connectivity index (χ0) is 12.6. The van der Waals surface area contributed by atoms with E-state index in [1.807, 2.05) is 13.8 Å². The highest BCUT2D eigenvalue weighted by atomic mass is 16.4. The Labute approximate surface area is 94.6 Å². The molecule has 0 heterocycles. The Morgan fingerprint density at radius 3 is 2.19 bits per heavy atom. The number of carbonyl (C=O) groups excluding carboxylic acids is 2. The van der Waals surface area contributed by atoms with Gasteiger partial charge in [-0.15, -0.1) is 0 Å². The van der Waals surface area contributed by atoms with E-state index in [1.54, 1.807) is 4.90 Å². The molecule has 2 amide bonds. The van der Waals surface area contributed by atoms with E-state index in [4.69, 9.17) is 5.11 Å². The third-order valence-electron chi connectivity index (χ3n) is 2.09. The average molecular weight is 230 g/mol. The van der Waals surface area contributed by atoms with Gasteiger partial charge in [0.05, 0.1) is 0 Å². The summed E-state index contributed by atoms with van der Waals surface area (Å²) in [6.45, 7) is 5.22. The Morgan fingerprint density at radius 1 is 1.19 bits per heavy atom. The number of hydrogen-bond donors (Lipinski definition) is 2. The molecular formula is C10H18N2O4. The van der Waals surface area contributed by atoms with E-state index in [0.29, 0.717) is 13.1 Å². The summed E-state index contributed by atoms with van der Waals surface area (Å²) < 4.78 is 0. The average Bonchev–Trinajstić information content (AvgIpc) is 2.18. The van der Waals surface area contributed by atoms with Gasteiger partial charge in [-0.3, -0.25) is 14.4 Å². The number of rotatable bonds is 7. The minimum Gasteiger partial charge on any atom is -0.481 e. The molecule has 6 nitrogen and oxygen atoms in total. The van der Waals surface area contributed by atoms with Crippen molar-refractivity contribution in [3.8, 4) is 0 Å². The van der Waals surface area contributed by atoms with Gasteiger partial charge in [0.25, 0.3) is 0 Å². The van der Waals surface area contributed by atoms with Gasteiger partial charge >= 0.3 is 5.97 Å². The smallest absolute Gasteiger partial charge is 0.312 e. The molecule has 0 aliphatic heterocycles. The molecule has 6 heteroatoms. The van der Waals surface area contributed by atoms with Crippen LogP contribution in [0.15, 0.2) is 0 Å². The quantitative estimate of drug-likeness (QED) is 0.595. The molecule has 0 unspecified atom stereocenters. The van der Waals surface area contributed by atoms with Crippen molar-refractivity contribution in [3.63, 3.8) is 0 Å². The molecule has 0 radical (unpaired) electrons. The van der Waals surface area contributed by atoms with Crippen molar-refractivity contribution in [1.82, 2.24) is 10.2 Å². The Morgan fingerprint density at radius 2 is 1.75 bits per heavy atom. The van der Waals surface area contributed by atoms with Crippen molar-refractivity contribution < 1.29 is 19.5 Å². The van der Waals surface area contributed by atoms with Gasteiger partial charge in [0.2, 0.25) is 11.8 Å². The van der Waals surface area contributed by atoms with Gasteiger partial charge in [-0.05, 0) is 13.8 Å². The minimum atomic E-state index is -1.17. The predicted octanol–water partition coefficient (Wildman–Crippen LogP) is -0.164. The summed E-state index contributed by atoms with van der Waals surface area (Å²) in [6, 6.07) is 0. The van der Waals surface area contributed by atoms with Crippen molar-refractivity contribution in [1.29, 1.82) is 0 Å². The first kappa shape index (κ1) is 14.4. The van der Waals surface area contributed by atoms with Crippen LogP contribution in [0.2, 0.25) is 0 Å². The van der Waals surface area contributed by atoms with Crippen LogP contribution in [0.1, 0.15) is 26.7 Å². The van der Waals surface area contributed by atoms with Crippen LogP contribution in [0.25, 0.3) is 0 Å². The molecule has 0 aromatic rings. The Bertz CT molecular complexity index is 262. The fraction of sp³-hybridized carbons (Fsp3) is 0.700. The molecule has 0 saturated heterocycles. The largest absolute Gasteiger partial charge is 0.481 e. The fourth-order valence-electron chi connectivity index (χ4n) is 1.24. The zero-order valence-corrected chi connectivity index (χ0v) is 9.65. The van der Waals surface area contributed by atoms with E-state index in [0.717, 1.165) is 0 Å². The maximum absolute atomic E-state index is 11.5. The molecule has 0 bridgehead atoms. The minimum absolute atomic E-state index is 0.0411. The summed E-state index contributed by atoms with van der Waals surface area (Å²) in [5.74, 6) is -1.78. The van der Waals surface area contributed by atoms with Crippen LogP contribution < -0.4 is 5.32 Å². The summed E-state index contributed by atoms with van der Waals surface area (Å²) in [5.41, 5.74) is 0. The number of nitrogens with zero attached hydrogens (tertiary/aromatic N) is 1. The first-order valence-corrected chi connectivity index (χ1v) is 5.27. The molecule has 0 aromatic heterocycles. The normalized spacial score (nSPS) is 9.62. The number of carboxylic acid groups (broad SMARTS) is 1. The van der Waals surface area contributed by atoms with Crippen LogP contribution in [0, 0.1) is 0 Å². The van der Waals surface area contributed by atoms with E-state index in [1.165, 1.54) is 0 Å². The third-order valence-corrected chi connectivity index (χ3v) is 2.09. The molecule has 0 rings (SSSR count). The molecule has 16 heavy (non-hydrogen) atoms. The van der Waals surface area contributed by atoms with E-state index in [-0.39, 0.29) is 18.9 Å². The SMILES string of the molecule is CCN(CC)C(=O)CCNC(=O)CC(=O)O. The number of aliphatic carboxylic acids is 1. The number of carboxylic acids is 1. The second kappa shape index (κ2) is 7.67. The lowest BCUT2D eigenvalue weighted by Crippen LogP contribution is -2.34. The number of carbonyl (C=O) groups is 3. The lowest BCUT2D eigenvalue weighted by Gasteiger charge is -2.18. The van der Waals surface area contributed by atoms with Crippen molar-refractivity contribution >= 4 is 17.8 Å². The van der Waals surface area contributed by atoms with Crippen LogP contribution in [-0.2, 0) is 14.4 Å². The van der Waals surface area contributed by atoms with Gasteiger partial charge in [0, 0.05) is 26.1 Å². The van der Waals surface area contributed by atoms with Crippen molar-refractivity contribution in [3.05, 3.63) is 0 Å². The molecule has 0 saturated carbocycles. The Balaban J connectivity index is 3.77. The van der Waals surface area contributed by atoms with Crippen molar-refractivity contribution in [2.45, 2.75) is 26.7 Å². The lowest BCUT2D eigenvalue weighted by atomic mass is 10.3. The van der Waals surface area contributed by atoms with Crippen LogP contribution in [0.5, 0.6) is 0 Å². The van der Waals surface area contributed by atoms with Crippen LogP contribution >= 0.6 is 0 Å². The molecule has 2 N–H and O–H groups in total. The molecule has 0 aliphatic rings. The van der Waals surface area contributed by atoms with Crippen LogP contribution in [0.3, 0.4) is 0 Å². The highest BCUT2D eigenvalue weighted by Crippen LogP contribution is 1.92. The molecule has 0 spiro atoms. The van der Waals surface area contributed by atoms with Gasteiger partial charge in [0.1, 0.15) is 6.42 Å². The second-order valence-corrected chi connectivity index (χ2v) is 3.24. The Kier molecular flexibility index (Phi) is 6.91. The van der Waals surface area contributed by atoms with Crippen molar-refractivity contribution in [2.75, 3.05) is 19.6 Å². The summed E-state index contributed by atoms with van der Waals surface area (Å²) in [5, 5.41) is 10.7. The summed E-state index contributed by atoms with van der Waals surface area (Å²) in [7, 11) is 0. The molecule has 0 aromatic carbocycles. The molecule has 92 valence electrons. The topological polar surface area (TPSA) is 86.7 Å². The summed E-state index contributed by atoms with van der Waals surface area (Å²) in [6.07, 6.45) is -0.355. The maximum Gasteiger partial charge on any atom is 0.312 e. The van der Waals surface area contributed by atoms with Gasteiger partial charge in [-0.1, -0.05) is 0 Å². The molecular weight excluding hydrogens is 212 g/mol. The van der Waals surface area contributed by atoms with Gasteiger partial charge in [-0.25, -0.2) is 0 Å². The van der Waals surface area contributed by atoms with E-state index in [2.05, 4.69) is 5.32 Å². The maximum atomic E-state index is 11.5. The molecule has 0 atom stereocenters. The first-order chi connectivity index (χ1) is 7.51. The van der Waals surface area contributed by atoms with Gasteiger partial charge < -0.3 is 15.3 Å². The summed E-state index contributed by atoms with van der Waals surface area (Å²) >= 11 is 0. The number of nitrogens with one attached hydrogen (secondary N) is 1. The number of hydrogen-bond acceptors (Lipinski definition) is 3. The molecule has 0 aliphatic carbocycles. The van der Waals surface area contributed by atoms with Crippen LogP contribution in [0.4, 0.5) is 0 Å². The Hall–Kier alpha value is -1.59. The highest BCUT2D eigenvalue weighted by Gasteiger charge is 2.10. The predicted molar refractivity (Wildman–Crippen MR) is 57.8 cm³/mol. The van der Waals surface area contributed by atoms with Gasteiger partial charge in [-0.2, -0.15) is 0 Å².